The molecule has 0 fully saturated rings. The fourth-order valence-corrected chi connectivity index (χ4v) is 2.78. The quantitative estimate of drug-likeness (QED) is 0.828. The van der Waals surface area contributed by atoms with Crippen LogP contribution in [0.5, 0.6) is 5.75 Å². The lowest BCUT2D eigenvalue weighted by molar-refractivity contribution is 0.415. The molecule has 0 aliphatic heterocycles. The summed E-state index contributed by atoms with van der Waals surface area (Å²) in [6, 6.07) is 5.56. The Labute approximate surface area is 105 Å². The summed E-state index contributed by atoms with van der Waals surface area (Å²) in [6.45, 7) is 0. The van der Waals surface area contributed by atoms with Gasteiger partial charge >= 0.3 is 0 Å². The Morgan fingerprint density at radius 3 is 2.80 bits per heavy atom. The predicted octanol–water partition coefficient (Wildman–Crippen LogP) is 4.23. The van der Waals surface area contributed by atoms with Crippen molar-refractivity contribution < 1.29 is 4.74 Å². The molecule has 0 unspecified atom stereocenters. The first-order valence-corrected chi connectivity index (χ1v) is 6.20. The lowest BCUT2D eigenvalue weighted by Crippen LogP contribution is -1.84. The van der Waals surface area contributed by atoms with Crippen molar-refractivity contribution in [3.8, 4) is 16.3 Å². The third-order valence-electron chi connectivity index (χ3n) is 1.88. The van der Waals surface area contributed by atoms with E-state index in [-0.39, 0.29) is 0 Å². The zero-order chi connectivity index (χ0) is 10.8. The fraction of sp³-hybridized carbons (Fsp3) is 0.100. The van der Waals surface area contributed by atoms with Gasteiger partial charge in [-0.25, -0.2) is 4.98 Å². The molecule has 1 aromatic heterocycles. The number of methoxy groups -OCH3 is 1. The summed E-state index contributed by atoms with van der Waals surface area (Å²) in [7, 11) is 1.62. The van der Waals surface area contributed by atoms with E-state index >= 15 is 0 Å². The number of hydrogen-bond donors (Lipinski definition) is 0. The Kier molecular flexibility index (Phi) is 3.29. The predicted molar refractivity (Wildman–Crippen MR) is 66.8 cm³/mol. The monoisotopic (exact) mass is 303 g/mol. The maximum atomic E-state index is 6.12. The summed E-state index contributed by atoms with van der Waals surface area (Å²) in [5, 5.41) is 3.47. The van der Waals surface area contributed by atoms with Gasteiger partial charge in [0.1, 0.15) is 15.4 Å². The minimum Gasteiger partial charge on any atom is -0.497 e. The summed E-state index contributed by atoms with van der Waals surface area (Å²) in [5.74, 6) is 0.749. The highest BCUT2D eigenvalue weighted by molar-refractivity contribution is 9.10. The van der Waals surface area contributed by atoms with Gasteiger partial charge < -0.3 is 4.74 Å². The maximum Gasteiger partial charge on any atom is 0.126 e. The summed E-state index contributed by atoms with van der Waals surface area (Å²) < 4.78 is 5.91. The van der Waals surface area contributed by atoms with Crippen molar-refractivity contribution in [1.29, 1.82) is 0 Å². The van der Waals surface area contributed by atoms with Crippen LogP contribution < -0.4 is 4.74 Å². The van der Waals surface area contributed by atoms with Crippen LogP contribution in [0.25, 0.3) is 10.6 Å². The number of thiazole rings is 1. The zero-order valence-corrected chi connectivity index (χ0v) is 11.0. The van der Waals surface area contributed by atoms with Crippen LogP contribution in [0, 0.1) is 0 Å². The molecule has 1 heterocycles. The second kappa shape index (κ2) is 4.51. The fourth-order valence-electron chi connectivity index (χ4n) is 1.17. The Morgan fingerprint density at radius 1 is 1.47 bits per heavy atom. The van der Waals surface area contributed by atoms with Gasteiger partial charge in [0.25, 0.3) is 0 Å². The topological polar surface area (TPSA) is 22.1 Å². The normalized spacial score (nSPS) is 10.3. The van der Waals surface area contributed by atoms with Gasteiger partial charge in [0, 0.05) is 10.9 Å². The Morgan fingerprint density at radius 2 is 2.27 bits per heavy atom. The number of hydrogen-bond acceptors (Lipinski definition) is 3. The number of nitrogens with zero attached hydrogens (tertiary/aromatic N) is 1. The minimum atomic E-state index is 0.649. The molecule has 2 nitrogen and oxygen atoms in total. The molecule has 0 bridgehead atoms. The van der Waals surface area contributed by atoms with Crippen molar-refractivity contribution in [1.82, 2.24) is 4.98 Å². The Hall–Kier alpha value is -0.580. The number of aromatic nitrogens is 1. The number of benzene rings is 1. The second-order valence-electron chi connectivity index (χ2n) is 2.82. The molecule has 0 saturated carbocycles. The molecule has 0 atom stereocenters. The Bertz CT molecular complexity index is 486. The molecule has 0 N–H and O–H groups in total. The van der Waals surface area contributed by atoms with Crippen LogP contribution in [0.4, 0.5) is 0 Å². The molecule has 5 heteroatoms. The SMILES string of the molecule is COc1ccc(-c2nc(Br)cs2)c(Cl)c1. The minimum absolute atomic E-state index is 0.649. The first-order chi connectivity index (χ1) is 7.20. The molecular formula is C10H7BrClNOS. The van der Waals surface area contributed by atoms with Gasteiger partial charge in [0.2, 0.25) is 0 Å². The zero-order valence-electron chi connectivity index (χ0n) is 7.83. The number of rotatable bonds is 2. The molecule has 1 aromatic carbocycles. The molecule has 2 rings (SSSR count). The van der Waals surface area contributed by atoms with Crippen molar-refractivity contribution in [3.63, 3.8) is 0 Å². The van der Waals surface area contributed by atoms with E-state index in [0.717, 1.165) is 20.9 Å². The Balaban J connectivity index is 2.45. The molecule has 0 radical (unpaired) electrons. The standard InChI is InChI=1S/C10H7BrClNOS/c1-14-6-2-3-7(8(12)4-6)10-13-9(11)5-15-10/h2-5H,1H3. The highest BCUT2D eigenvalue weighted by Gasteiger charge is 2.08. The van der Waals surface area contributed by atoms with Crippen molar-refractivity contribution in [2.45, 2.75) is 0 Å². The van der Waals surface area contributed by atoms with Crippen molar-refractivity contribution >= 4 is 38.9 Å². The van der Waals surface area contributed by atoms with E-state index in [2.05, 4.69) is 20.9 Å². The lowest BCUT2D eigenvalue weighted by atomic mass is 10.2. The molecule has 15 heavy (non-hydrogen) atoms. The highest BCUT2D eigenvalue weighted by Crippen LogP contribution is 2.33. The summed E-state index contributed by atoms with van der Waals surface area (Å²) >= 11 is 11.0. The van der Waals surface area contributed by atoms with Crippen LogP contribution >= 0.6 is 38.9 Å². The van der Waals surface area contributed by atoms with Crippen molar-refractivity contribution in [2.24, 2.45) is 0 Å². The molecule has 0 amide bonds. The van der Waals surface area contributed by atoms with E-state index in [0.29, 0.717) is 5.02 Å². The molecular weight excluding hydrogens is 298 g/mol. The van der Waals surface area contributed by atoms with Gasteiger partial charge in [-0.2, -0.15) is 0 Å². The molecule has 0 saturated heterocycles. The van der Waals surface area contributed by atoms with Gasteiger partial charge in [-0.3, -0.25) is 0 Å². The lowest BCUT2D eigenvalue weighted by Gasteiger charge is -2.03. The third-order valence-corrected chi connectivity index (χ3v) is 3.78. The number of halogens is 2. The van der Waals surface area contributed by atoms with Gasteiger partial charge in [-0.1, -0.05) is 11.6 Å². The first-order valence-electron chi connectivity index (χ1n) is 4.15. The van der Waals surface area contributed by atoms with Crippen LogP contribution in [-0.4, -0.2) is 12.1 Å². The maximum absolute atomic E-state index is 6.12. The van der Waals surface area contributed by atoms with E-state index in [4.69, 9.17) is 16.3 Å². The second-order valence-corrected chi connectivity index (χ2v) is 4.90. The molecule has 78 valence electrons. The largest absolute Gasteiger partial charge is 0.497 e. The average molecular weight is 305 g/mol. The van der Waals surface area contributed by atoms with Gasteiger partial charge in [0.15, 0.2) is 0 Å². The van der Waals surface area contributed by atoms with Crippen LogP contribution in [0.1, 0.15) is 0 Å². The van der Waals surface area contributed by atoms with Crippen LogP contribution in [0.15, 0.2) is 28.2 Å². The highest BCUT2D eigenvalue weighted by atomic mass is 79.9. The molecule has 0 aliphatic carbocycles. The van der Waals surface area contributed by atoms with E-state index in [9.17, 15) is 0 Å². The van der Waals surface area contributed by atoms with Gasteiger partial charge in [-0.15, -0.1) is 11.3 Å². The third kappa shape index (κ3) is 2.33. The number of ether oxygens (including phenoxy) is 1. The van der Waals surface area contributed by atoms with E-state index in [1.165, 1.54) is 0 Å². The molecule has 0 aliphatic rings. The van der Waals surface area contributed by atoms with Crippen molar-refractivity contribution in [2.75, 3.05) is 7.11 Å². The smallest absolute Gasteiger partial charge is 0.126 e. The summed E-state index contributed by atoms with van der Waals surface area (Å²) in [6.07, 6.45) is 0. The van der Waals surface area contributed by atoms with E-state index in [1.807, 2.05) is 17.5 Å². The van der Waals surface area contributed by atoms with E-state index in [1.54, 1.807) is 24.5 Å². The van der Waals surface area contributed by atoms with Gasteiger partial charge in [0.05, 0.1) is 12.1 Å². The average Bonchev–Trinajstić information content (AvgIpc) is 2.64. The van der Waals surface area contributed by atoms with Crippen molar-refractivity contribution in [3.05, 3.63) is 33.2 Å². The van der Waals surface area contributed by atoms with Crippen LogP contribution in [0.3, 0.4) is 0 Å². The molecule has 0 spiro atoms. The van der Waals surface area contributed by atoms with Gasteiger partial charge in [-0.05, 0) is 34.1 Å². The first kappa shape index (κ1) is 10.9. The summed E-state index contributed by atoms with van der Waals surface area (Å²) in [5.41, 5.74) is 0.924. The molecule has 2 aromatic rings. The summed E-state index contributed by atoms with van der Waals surface area (Å²) in [4.78, 5) is 4.31. The van der Waals surface area contributed by atoms with Crippen LogP contribution in [0.2, 0.25) is 5.02 Å². The van der Waals surface area contributed by atoms with E-state index < -0.39 is 0 Å². The van der Waals surface area contributed by atoms with Crippen LogP contribution in [-0.2, 0) is 0 Å².